The van der Waals surface area contributed by atoms with E-state index in [1.54, 1.807) is 13.3 Å². The topological polar surface area (TPSA) is 55.7 Å². The van der Waals surface area contributed by atoms with E-state index in [4.69, 9.17) is 9.47 Å². The maximum atomic E-state index is 5.95. The first-order valence-corrected chi connectivity index (χ1v) is 10.3. The molecule has 3 aromatic carbocycles. The number of hydrazone groups is 1. The van der Waals surface area contributed by atoms with Crippen LogP contribution in [0.15, 0.2) is 89.3 Å². The molecule has 0 aliphatic carbocycles. The summed E-state index contributed by atoms with van der Waals surface area (Å²) in [5.41, 5.74) is 7.00. The zero-order valence-electron chi connectivity index (χ0n) is 16.5. The minimum atomic E-state index is 0.470. The van der Waals surface area contributed by atoms with Crippen LogP contribution < -0.4 is 14.9 Å². The molecule has 4 rings (SSSR count). The fourth-order valence-corrected chi connectivity index (χ4v) is 3.52. The standard InChI is InChI=1S/C24H21N3O2S/c1-28-22-13-12-19(14-23(22)29-16-18-8-4-2-5-9-18)15-25-27-24-26-21(17-30-24)20-10-6-3-7-11-20/h2-15,17H,16H2,1H3,(H,26,27). The highest BCUT2D eigenvalue weighted by molar-refractivity contribution is 7.14. The Morgan fingerprint density at radius 1 is 0.967 bits per heavy atom. The Morgan fingerprint density at radius 2 is 1.73 bits per heavy atom. The second-order valence-electron chi connectivity index (χ2n) is 6.46. The molecule has 0 radical (unpaired) electrons. The van der Waals surface area contributed by atoms with E-state index in [9.17, 15) is 0 Å². The summed E-state index contributed by atoms with van der Waals surface area (Å²) < 4.78 is 11.4. The number of benzene rings is 3. The lowest BCUT2D eigenvalue weighted by atomic mass is 10.2. The maximum Gasteiger partial charge on any atom is 0.203 e. The molecule has 0 aliphatic rings. The SMILES string of the molecule is COc1ccc(C=NNc2nc(-c3ccccc3)cs2)cc1OCc1ccccc1. The van der Waals surface area contributed by atoms with Gasteiger partial charge in [-0.2, -0.15) is 5.10 Å². The number of aromatic nitrogens is 1. The van der Waals surface area contributed by atoms with Gasteiger partial charge in [-0.3, -0.25) is 5.43 Å². The summed E-state index contributed by atoms with van der Waals surface area (Å²) in [6.07, 6.45) is 1.73. The molecule has 30 heavy (non-hydrogen) atoms. The molecule has 6 heteroatoms. The first-order valence-electron chi connectivity index (χ1n) is 9.46. The third-order valence-corrected chi connectivity index (χ3v) is 5.12. The van der Waals surface area contributed by atoms with Crippen LogP contribution in [0.4, 0.5) is 5.13 Å². The van der Waals surface area contributed by atoms with Crippen LogP contribution in [-0.4, -0.2) is 18.3 Å². The van der Waals surface area contributed by atoms with Crippen LogP contribution in [0.1, 0.15) is 11.1 Å². The minimum absolute atomic E-state index is 0.470. The molecule has 0 aliphatic heterocycles. The largest absolute Gasteiger partial charge is 0.493 e. The van der Waals surface area contributed by atoms with Gasteiger partial charge in [-0.25, -0.2) is 4.98 Å². The van der Waals surface area contributed by atoms with Gasteiger partial charge in [0.2, 0.25) is 5.13 Å². The average molecular weight is 416 g/mol. The molecule has 5 nitrogen and oxygen atoms in total. The lowest BCUT2D eigenvalue weighted by Crippen LogP contribution is -1.99. The number of hydrogen-bond acceptors (Lipinski definition) is 6. The van der Waals surface area contributed by atoms with Gasteiger partial charge in [0.1, 0.15) is 6.61 Å². The van der Waals surface area contributed by atoms with Crippen LogP contribution in [0.5, 0.6) is 11.5 Å². The van der Waals surface area contributed by atoms with Gasteiger partial charge in [0.15, 0.2) is 11.5 Å². The van der Waals surface area contributed by atoms with Crippen molar-refractivity contribution in [2.24, 2.45) is 5.10 Å². The molecule has 1 heterocycles. The first kappa shape index (κ1) is 19.7. The fourth-order valence-electron chi connectivity index (χ4n) is 2.85. The maximum absolute atomic E-state index is 5.95. The zero-order chi connectivity index (χ0) is 20.6. The Balaban J connectivity index is 1.41. The zero-order valence-corrected chi connectivity index (χ0v) is 17.3. The molecule has 0 amide bonds. The van der Waals surface area contributed by atoms with Crippen molar-refractivity contribution in [2.75, 3.05) is 12.5 Å². The van der Waals surface area contributed by atoms with Gasteiger partial charge in [-0.05, 0) is 29.3 Å². The summed E-state index contributed by atoms with van der Waals surface area (Å²) in [5, 5.41) is 7.06. The number of nitrogens with zero attached hydrogens (tertiary/aromatic N) is 2. The summed E-state index contributed by atoms with van der Waals surface area (Å²) in [5.74, 6) is 1.36. The van der Waals surface area contributed by atoms with Gasteiger partial charge in [0.05, 0.1) is 19.0 Å². The van der Waals surface area contributed by atoms with E-state index in [2.05, 4.69) is 15.5 Å². The van der Waals surface area contributed by atoms with Crippen LogP contribution in [-0.2, 0) is 6.61 Å². The smallest absolute Gasteiger partial charge is 0.203 e. The van der Waals surface area contributed by atoms with Crippen LogP contribution in [0.3, 0.4) is 0 Å². The molecular formula is C24H21N3O2S. The lowest BCUT2D eigenvalue weighted by Gasteiger charge is -2.11. The number of methoxy groups -OCH3 is 1. The second-order valence-corrected chi connectivity index (χ2v) is 7.32. The van der Waals surface area contributed by atoms with Gasteiger partial charge < -0.3 is 9.47 Å². The van der Waals surface area contributed by atoms with E-state index < -0.39 is 0 Å². The van der Waals surface area contributed by atoms with Crippen molar-refractivity contribution < 1.29 is 9.47 Å². The van der Waals surface area contributed by atoms with Crippen molar-refractivity contribution >= 4 is 22.7 Å². The number of thiazole rings is 1. The van der Waals surface area contributed by atoms with Crippen molar-refractivity contribution in [1.82, 2.24) is 4.98 Å². The number of ether oxygens (including phenoxy) is 2. The second kappa shape index (κ2) is 9.71. The van der Waals surface area contributed by atoms with Crippen molar-refractivity contribution in [3.8, 4) is 22.8 Å². The monoisotopic (exact) mass is 415 g/mol. The molecule has 0 bridgehead atoms. The van der Waals surface area contributed by atoms with Crippen molar-refractivity contribution in [2.45, 2.75) is 6.61 Å². The van der Waals surface area contributed by atoms with E-state index in [0.29, 0.717) is 18.1 Å². The predicted molar refractivity (Wildman–Crippen MR) is 123 cm³/mol. The van der Waals surface area contributed by atoms with Gasteiger partial charge in [-0.1, -0.05) is 60.7 Å². The van der Waals surface area contributed by atoms with Gasteiger partial charge in [0, 0.05) is 10.9 Å². The Hall–Kier alpha value is -3.64. The third kappa shape index (κ3) is 5.04. The van der Waals surface area contributed by atoms with E-state index >= 15 is 0 Å². The Morgan fingerprint density at radius 3 is 2.50 bits per heavy atom. The molecule has 1 aromatic heterocycles. The van der Waals surface area contributed by atoms with E-state index in [0.717, 1.165) is 27.5 Å². The third-order valence-electron chi connectivity index (χ3n) is 4.37. The number of rotatable bonds is 8. The van der Waals surface area contributed by atoms with Crippen molar-refractivity contribution in [3.63, 3.8) is 0 Å². The van der Waals surface area contributed by atoms with Crippen molar-refractivity contribution in [3.05, 3.63) is 95.4 Å². The van der Waals surface area contributed by atoms with Gasteiger partial charge in [0.25, 0.3) is 0 Å². The van der Waals surface area contributed by atoms with Gasteiger partial charge >= 0.3 is 0 Å². The average Bonchev–Trinajstić information content (AvgIpc) is 3.28. The highest BCUT2D eigenvalue weighted by Gasteiger charge is 2.06. The molecular weight excluding hydrogens is 394 g/mol. The van der Waals surface area contributed by atoms with Gasteiger partial charge in [-0.15, -0.1) is 11.3 Å². The Kier molecular flexibility index (Phi) is 6.37. The molecule has 4 aromatic rings. The molecule has 0 unspecified atom stereocenters. The normalized spacial score (nSPS) is 10.8. The Labute approximate surface area is 179 Å². The molecule has 0 saturated carbocycles. The first-order chi connectivity index (χ1) is 14.8. The molecule has 0 atom stereocenters. The minimum Gasteiger partial charge on any atom is -0.493 e. The highest BCUT2D eigenvalue weighted by Crippen LogP contribution is 2.28. The summed E-state index contributed by atoms with van der Waals surface area (Å²) >= 11 is 1.51. The summed E-state index contributed by atoms with van der Waals surface area (Å²) in [4.78, 5) is 4.57. The molecule has 0 saturated heterocycles. The van der Waals surface area contributed by atoms with Crippen LogP contribution >= 0.6 is 11.3 Å². The summed E-state index contributed by atoms with van der Waals surface area (Å²) in [7, 11) is 1.63. The lowest BCUT2D eigenvalue weighted by molar-refractivity contribution is 0.284. The van der Waals surface area contributed by atoms with E-state index in [1.807, 2.05) is 84.2 Å². The molecule has 0 fully saturated rings. The summed E-state index contributed by atoms with van der Waals surface area (Å²) in [6.45, 7) is 0.470. The van der Waals surface area contributed by atoms with Crippen molar-refractivity contribution in [1.29, 1.82) is 0 Å². The molecule has 1 N–H and O–H groups in total. The van der Waals surface area contributed by atoms with E-state index in [1.165, 1.54) is 11.3 Å². The number of anilines is 1. The Bertz CT molecular complexity index is 1110. The number of nitrogens with one attached hydrogen (secondary N) is 1. The van der Waals surface area contributed by atoms with Crippen LogP contribution in [0.2, 0.25) is 0 Å². The molecule has 150 valence electrons. The van der Waals surface area contributed by atoms with Crippen LogP contribution in [0, 0.1) is 0 Å². The molecule has 0 spiro atoms. The quantitative estimate of drug-likeness (QED) is 0.290. The fraction of sp³-hybridized carbons (Fsp3) is 0.0833. The van der Waals surface area contributed by atoms with Crippen LogP contribution in [0.25, 0.3) is 11.3 Å². The highest BCUT2D eigenvalue weighted by atomic mass is 32.1. The number of hydrogen-bond donors (Lipinski definition) is 1. The van der Waals surface area contributed by atoms with E-state index in [-0.39, 0.29) is 0 Å². The summed E-state index contributed by atoms with van der Waals surface area (Å²) in [6, 6.07) is 25.8. The predicted octanol–water partition coefficient (Wildman–Crippen LogP) is 5.84.